The summed E-state index contributed by atoms with van der Waals surface area (Å²) >= 11 is 0. The van der Waals surface area contributed by atoms with E-state index in [2.05, 4.69) is 26.9 Å². The summed E-state index contributed by atoms with van der Waals surface area (Å²) in [6, 6.07) is 7.51. The van der Waals surface area contributed by atoms with Crippen LogP contribution in [-0.4, -0.2) is 76.6 Å². The molecule has 0 saturated carbocycles. The van der Waals surface area contributed by atoms with Gasteiger partial charge in [0.15, 0.2) is 11.5 Å². The predicted octanol–water partition coefficient (Wildman–Crippen LogP) is 2.72. The van der Waals surface area contributed by atoms with E-state index in [0.29, 0.717) is 17.4 Å². The fraction of sp³-hybridized carbons (Fsp3) is 0.391. The Morgan fingerprint density at radius 3 is 2.59 bits per heavy atom. The van der Waals surface area contributed by atoms with Crippen LogP contribution in [-0.2, 0) is 4.79 Å². The molecule has 1 N–H and O–H groups in total. The number of piperidine rings is 1. The van der Waals surface area contributed by atoms with E-state index in [1.807, 2.05) is 49.5 Å². The van der Waals surface area contributed by atoms with E-state index in [1.165, 1.54) is 5.57 Å². The Balaban J connectivity index is 1.61. The van der Waals surface area contributed by atoms with Crippen LogP contribution in [0.25, 0.3) is 5.65 Å². The Morgan fingerprint density at radius 2 is 1.94 bits per heavy atom. The van der Waals surface area contributed by atoms with Gasteiger partial charge in [0.1, 0.15) is 6.04 Å². The number of carbonyl (C=O) groups excluding carboxylic acids is 1. The Hall–Kier alpha value is -3.46. The van der Waals surface area contributed by atoms with Crippen molar-refractivity contribution in [3.63, 3.8) is 0 Å². The van der Waals surface area contributed by atoms with Gasteiger partial charge in [-0.3, -0.25) is 9.69 Å². The molecule has 1 saturated heterocycles. The summed E-state index contributed by atoms with van der Waals surface area (Å²) in [5.74, 6) is 1.33. The maximum Gasteiger partial charge on any atom is 0.246 e. The first-order chi connectivity index (χ1) is 15.3. The topological polar surface area (TPSA) is 81.9 Å². The predicted molar refractivity (Wildman–Crippen MR) is 126 cm³/mol. The number of nitrogens with zero attached hydrogens (tertiary/aromatic N) is 7. The molecule has 168 valence electrons. The first-order valence-corrected chi connectivity index (χ1v) is 10.7. The number of likely N-dealkylation sites (N-methyl/N-ethyl adjacent to an activating group) is 2. The fourth-order valence-corrected chi connectivity index (χ4v) is 3.94. The van der Waals surface area contributed by atoms with Gasteiger partial charge in [-0.15, -0.1) is 5.10 Å². The highest BCUT2D eigenvalue weighted by molar-refractivity contribution is 5.83. The molecule has 3 aromatic rings. The molecule has 1 fully saturated rings. The lowest BCUT2D eigenvalue weighted by Gasteiger charge is -2.28. The highest BCUT2D eigenvalue weighted by Crippen LogP contribution is 2.26. The van der Waals surface area contributed by atoms with Crippen LogP contribution in [0.3, 0.4) is 0 Å². The van der Waals surface area contributed by atoms with Crippen LogP contribution in [0, 0.1) is 0 Å². The van der Waals surface area contributed by atoms with Gasteiger partial charge in [-0.05, 0) is 44.6 Å². The number of carbonyl (C=O) groups is 1. The number of anilines is 3. The Kier molecular flexibility index (Phi) is 6.09. The second-order valence-corrected chi connectivity index (χ2v) is 8.58. The number of aromatic nitrogens is 4. The van der Waals surface area contributed by atoms with Gasteiger partial charge in [-0.25, -0.2) is 9.50 Å². The van der Waals surface area contributed by atoms with Gasteiger partial charge in [0.2, 0.25) is 11.9 Å². The van der Waals surface area contributed by atoms with Crippen LogP contribution in [0.2, 0.25) is 0 Å². The lowest BCUT2D eigenvalue weighted by molar-refractivity contribution is -0.133. The van der Waals surface area contributed by atoms with Crippen LogP contribution in [0.1, 0.15) is 24.4 Å². The molecule has 1 aliphatic rings. The van der Waals surface area contributed by atoms with Crippen molar-refractivity contribution >= 4 is 29.0 Å². The summed E-state index contributed by atoms with van der Waals surface area (Å²) in [6.45, 7) is 5.79. The zero-order chi connectivity index (χ0) is 22.8. The first kappa shape index (κ1) is 21.8. The lowest BCUT2D eigenvalue weighted by atomic mass is 10.0. The minimum absolute atomic E-state index is 0.0402. The molecule has 0 bridgehead atoms. The molecule has 0 radical (unpaired) electrons. The third-order valence-electron chi connectivity index (χ3n) is 5.58. The molecule has 2 aromatic heterocycles. The van der Waals surface area contributed by atoms with Crippen LogP contribution in [0.4, 0.5) is 17.5 Å². The largest absolute Gasteiger partial charge is 0.347 e. The number of hydrogen-bond acceptors (Lipinski definition) is 7. The Bertz CT molecular complexity index is 1120. The van der Waals surface area contributed by atoms with E-state index >= 15 is 0 Å². The average molecular weight is 435 g/mol. The van der Waals surface area contributed by atoms with E-state index < -0.39 is 0 Å². The Morgan fingerprint density at radius 1 is 1.19 bits per heavy atom. The summed E-state index contributed by atoms with van der Waals surface area (Å²) in [5, 5.41) is 8.01. The van der Waals surface area contributed by atoms with Crippen molar-refractivity contribution in [2.24, 2.45) is 0 Å². The van der Waals surface area contributed by atoms with Crippen molar-refractivity contribution in [3.8, 4) is 0 Å². The quantitative estimate of drug-likeness (QED) is 0.598. The van der Waals surface area contributed by atoms with Crippen molar-refractivity contribution < 1.29 is 4.79 Å². The molecule has 0 aliphatic carbocycles. The molecular weight excluding hydrogens is 404 g/mol. The second kappa shape index (κ2) is 8.96. The van der Waals surface area contributed by atoms with Crippen LogP contribution in [0.5, 0.6) is 0 Å². The zero-order valence-electron chi connectivity index (χ0n) is 19.1. The number of benzene rings is 1. The number of hydrogen-bond donors (Lipinski definition) is 1. The van der Waals surface area contributed by atoms with Crippen molar-refractivity contribution in [1.29, 1.82) is 0 Å². The molecule has 1 aliphatic heterocycles. The van der Waals surface area contributed by atoms with Gasteiger partial charge < -0.3 is 15.1 Å². The van der Waals surface area contributed by atoms with Crippen LogP contribution >= 0.6 is 0 Å². The molecular formula is C23H30N8O. The summed E-state index contributed by atoms with van der Waals surface area (Å²) in [4.78, 5) is 27.5. The van der Waals surface area contributed by atoms with Gasteiger partial charge in [0.05, 0.1) is 0 Å². The smallest absolute Gasteiger partial charge is 0.246 e. The highest BCUT2D eigenvalue weighted by atomic mass is 16.2. The number of rotatable bonds is 6. The third-order valence-corrected chi connectivity index (χ3v) is 5.58. The van der Waals surface area contributed by atoms with Gasteiger partial charge in [-0.1, -0.05) is 24.3 Å². The van der Waals surface area contributed by atoms with Gasteiger partial charge in [0, 0.05) is 45.3 Å². The van der Waals surface area contributed by atoms with Gasteiger partial charge >= 0.3 is 0 Å². The standard InChI is InChI=1S/C23H30N8O/c1-16-7-6-13-30(15-16)23-26-20(21-24-12-14-31(21)27-23)25-18-10-8-17(9-11-18)19(28(2)3)22(32)29(4)5/h8-12,14,19H,1,6-7,13,15H2,2-5H3,(H,25,26,27). The molecule has 4 rings (SSSR count). The number of nitrogens with one attached hydrogen (secondary N) is 1. The normalized spacial score (nSPS) is 15.3. The molecule has 3 heterocycles. The molecule has 32 heavy (non-hydrogen) atoms. The summed E-state index contributed by atoms with van der Waals surface area (Å²) in [7, 11) is 7.36. The van der Waals surface area contributed by atoms with E-state index in [-0.39, 0.29) is 11.9 Å². The van der Waals surface area contributed by atoms with Gasteiger partial charge in [-0.2, -0.15) is 4.98 Å². The number of imidazole rings is 1. The minimum Gasteiger partial charge on any atom is -0.347 e. The van der Waals surface area contributed by atoms with Crippen molar-refractivity contribution in [3.05, 3.63) is 54.4 Å². The molecule has 0 spiro atoms. The van der Waals surface area contributed by atoms with Crippen molar-refractivity contribution in [2.45, 2.75) is 18.9 Å². The van der Waals surface area contributed by atoms with E-state index in [0.717, 1.165) is 37.2 Å². The van der Waals surface area contributed by atoms with E-state index in [4.69, 9.17) is 4.98 Å². The summed E-state index contributed by atoms with van der Waals surface area (Å²) < 4.78 is 1.74. The van der Waals surface area contributed by atoms with Crippen LogP contribution < -0.4 is 10.2 Å². The maximum absolute atomic E-state index is 12.6. The number of amides is 1. The summed E-state index contributed by atoms with van der Waals surface area (Å²) in [6.07, 6.45) is 5.63. The molecule has 9 nitrogen and oxygen atoms in total. The van der Waals surface area contributed by atoms with E-state index in [9.17, 15) is 4.79 Å². The Labute approximate surface area is 188 Å². The molecule has 1 unspecified atom stereocenters. The molecule has 1 amide bonds. The lowest BCUT2D eigenvalue weighted by Crippen LogP contribution is -2.36. The minimum atomic E-state index is -0.337. The molecule has 9 heteroatoms. The summed E-state index contributed by atoms with van der Waals surface area (Å²) in [5.41, 5.74) is 3.64. The maximum atomic E-state index is 12.6. The fourth-order valence-electron chi connectivity index (χ4n) is 3.94. The van der Waals surface area contributed by atoms with Crippen LogP contribution in [0.15, 0.2) is 48.8 Å². The average Bonchev–Trinajstić information content (AvgIpc) is 3.24. The first-order valence-electron chi connectivity index (χ1n) is 10.7. The van der Waals surface area contributed by atoms with E-state index in [1.54, 1.807) is 29.7 Å². The van der Waals surface area contributed by atoms with Gasteiger partial charge in [0.25, 0.3) is 0 Å². The zero-order valence-corrected chi connectivity index (χ0v) is 19.1. The second-order valence-electron chi connectivity index (χ2n) is 8.58. The monoisotopic (exact) mass is 434 g/mol. The molecule has 1 atom stereocenters. The highest BCUT2D eigenvalue weighted by Gasteiger charge is 2.24. The van der Waals surface area contributed by atoms with Crippen molar-refractivity contribution in [1.82, 2.24) is 29.4 Å². The molecule has 1 aromatic carbocycles. The van der Waals surface area contributed by atoms with Crippen molar-refractivity contribution in [2.75, 3.05) is 51.5 Å². The third kappa shape index (κ3) is 4.43. The number of fused-ring (bicyclic) bond motifs is 1. The SMILES string of the molecule is C=C1CCCN(c2nc(Nc3ccc(C(C(=O)N(C)C)N(C)C)cc3)c3nccn3n2)C1.